The van der Waals surface area contributed by atoms with Crippen LogP contribution in [0.5, 0.6) is 5.75 Å². The van der Waals surface area contributed by atoms with Crippen molar-refractivity contribution < 1.29 is 4.74 Å². The van der Waals surface area contributed by atoms with E-state index in [9.17, 15) is 0 Å². The van der Waals surface area contributed by atoms with Crippen molar-refractivity contribution in [2.45, 2.75) is 44.6 Å². The van der Waals surface area contributed by atoms with Crippen molar-refractivity contribution in [1.82, 2.24) is 5.32 Å². The number of rotatable bonds is 7. The third-order valence-corrected chi connectivity index (χ3v) is 3.88. The van der Waals surface area contributed by atoms with Crippen molar-refractivity contribution >= 4 is 0 Å². The van der Waals surface area contributed by atoms with Gasteiger partial charge in [0, 0.05) is 12.1 Å². The first-order chi connectivity index (χ1) is 9.04. The number of benzene rings is 1. The SMILES string of the molecule is COc1ccc(CCNCC2(N)CC2)cc1C(C)C. The summed E-state index contributed by atoms with van der Waals surface area (Å²) in [6.45, 7) is 6.33. The summed E-state index contributed by atoms with van der Waals surface area (Å²) in [5.74, 6) is 1.48. The first-order valence-corrected chi connectivity index (χ1v) is 7.20. The van der Waals surface area contributed by atoms with E-state index in [0.717, 1.165) is 25.3 Å². The van der Waals surface area contributed by atoms with Crippen LogP contribution in [-0.2, 0) is 6.42 Å². The third kappa shape index (κ3) is 3.95. The molecule has 0 radical (unpaired) electrons. The number of nitrogens with one attached hydrogen (secondary N) is 1. The topological polar surface area (TPSA) is 47.3 Å². The molecule has 1 aliphatic rings. The molecule has 3 nitrogen and oxygen atoms in total. The van der Waals surface area contributed by atoms with E-state index >= 15 is 0 Å². The van der Waals surface area contributed by atoms with Gasteiger partial charge in [0.1, 0.15) is 5.75 Å². The summed E-state index contributed by atoms with van der Waals surface area (Å²) in [7, 11) is 1.73. The van der Waals surface area contributed by atoms with Crippen molar-refractivity contribution in [2.24, 2.45) is 5.73 Å². The highest BCUT2D eigenvalue weighted by atomic mass is 16.5. The van der Waals surface area contributed by atoms with Gasteiger partial charge in [-0.2, -0.15) is 0 Å². The van der Waals surface area contributed by atoms with Gasteiger partial charge in [-0.3, -0.25) is 0 Å². The summed E-state index contributed by atoms with van der Waals surface area (Å²) in [5, 5.41) is 3.46. The van der Waals surface area contributed by atoms with Gasteiger partial charge in [0.2, 0.25) is 0 Å². The van der Waals surface area contributed by atoms with E-state index in [1.54, 1.807) is 7.11 Å². The van der Waals surface area contributed by atoms with Crippen LogP contribution in [0.4, 0.5) is 0 Å². The Balaban J connectivity index is 1.87. The van der Waals surface area contributed by atoms with Gasteiger partial charge >= 0.3 is 0 Å². The van der Waals surface area contributed by atoms with Crippen LogP contribution in [0, 0.1) is 0 Å². The number of nitrogens with two attached hydrogens (primary N) is 1. The van der Waals surface area contributed by atoms with E-state index in [4.69, 9.17) is 10.5 Å². The molecule has 19 heavy (non-hydrogen) atoms. The number of hydrogen-bond donors (Lipinski definition) is 2. The lowest BCUT2D eigenvalue weighted by Gasteiger charge is -2.14. The lowest BCUT2D eigenvalue weighted by Crippen LogP contribution is -2.36. The highest BCUT2D eigenvalue weighted by Gasteiger charge is 2.37. The zero-order valence-electron chi connectivity index (χ0n) is 12.3. The molecule has 0 atom stereocenters. The van der Waals surface area contributed by atoms with Crippen LogP contribution in [0.3, 0.4) is 0 Å². The van der Waals surface area contributed by atoms with Gasteiger partial charge in [-0.25, -0.2) is 0 Å². The standard InChI is InChI=1S/C16H26N2O/c1-12(2)14-10-13(4-5-15(14)19-3)6-9-18-11-16(17)7-8-16/h4-5,10,12,18H,6-9,11,17H2,1-3H3. The fraction of sp³-hybridized carbons (Fsp3) is 0.625. The Labute approximate surface area is 116 Å². The molecule has 0 bridgehead atoms. The molecule has 1 aromatic carbocycles. The Kier molecular flexibility index (Phi) is 4.48. The van der Waals surface area contributed by atoms with Crippen LogP contribution in [0.2, 0.25) is 0 Å². The predicted molar refractivity (Wildman–Crippen MR) is 79.8 cm³/mol. The maximum absolute atomic E-state index is 6.05. The van der Waals surface area contributed by atoms with Gasteiger partial charge in [0.25, 0.3) is 0 Å². The maximum Gasteiger partial charge on any atom is 0.122 e. The zero-order chi connectivity index (χ0) is 13.9. The number of hydrogen-bond acceptors (Lipinski definition) is 3. The molecule has 0 heterocycles. The van der Waals surface area contributed by atoms with E-state index in [-0.39, 0.29) is 5.54 Å². The highest BCUT2D eigenvalue weighted by Crippen LogP contribution is 2.31. The van der Waals surface area contributed by atoms with Crippen molar-refractivity contribution in [3.8, 4) is 5.75 Å². The normalized spacial score (nSPS) is 16.7. The summed E-state index contributed by atoms with van der Waals surface area (Å²) in [6, 6.07) is 6.50. The average Bonchev–Trinajstić information content (AvgIpc) is 3.13. The minimum Gasteiger partial charge on any atom is -0.496 e. The minimum absolute atomic E-state index is 0.100. The largest absolute Gasteiger partial charge is 0.496 e. The lowest BCUT2D eigenvalue weighted by atomic mass is 9.98. The van der Waals surface area contributed by atoms with Gasteiger partial charge in [0.15, 0.2) is 0 Å². The maximum atomic E-state index is 6.05. The van der Waals surface area contributed by atoms with Crippen LogP contribution in [0.1, 0.15) is 43.7 Å². The van der Waals surface area contributed by atoms with Crippen molar-refractivity contribution in [3.63, 3.8) is 0 Å². The Hall–Kier alpha value is -1.06. The summed E-state index contributed by atoms with van der Waals surface area (Å²) in [5.41, 5.74) is 8.80. The first-order valence-electron chi connectivity index (χ1n) is 7.20. The molecule has 3 N–H and O–H groups in total. The van der Waals surface area contributed by atoms with Crippen LogP contribution >= 0.6 is 0 Å². The smallest absolute Gasteiger partial charge is 0.122 e. The molecule has 0 saturated heterocycles. The molecule has 0 aliphatic heterocycles. The fourth-order valence-electron chi connectivity index (χ4n) is 2.30. The molecular weight excluding hydrogens is 236 g/mol. The molecule has 3 heteroatoms. The molecule has 0 spiro atoms. The van der Waals surface area contributed by atoms with Crippen molar-refractivity contribution in [1.29, 1.82) is 0 Å². The Bertz CT molecular complexity index is 425. The van der Waals surface area contributed by atoms with E-state index in [1.165, 1.54) is 24.0 Å². The Morgan fingerprint density at radius 2 is 2.11 bits per heavy atom. The van der Waals surface area contributed by atoms with Crippen molar-refractivity contribution in [2.75, 3.05) is 20.2 Å². The summed E-state index contributed by atoms with van der Waals surface area (Å²) < 4.78 is 5.41. The van der Waals surface area contributed by atoms with Gasteiger partial charge in [-0.1, -0.05) is 26.0 Å². The highest BCUT2D eigenvalue weighted by molar-refractivity contribution is 5.39. The van der Waals surface area contributed by atoms with Crippen LogP contribution < -0.4 is 15.8 Å². The van der Waals surface area contributed by atoms with Gasteiger partial charge in [-0.15, -0.1) is 0 Å². The molecule has 0 amide bonds. The molecule has 1 aliphatic carbocycles. The number of ether oxygens (including phenoxy) is 1. The Morgan fingerprint density at radius 3 is 2.68 bits per heavy atom. The minimum atomic E-state index is 0.100. The summed E-state index contributed by atoms with van der Waals surface area (Å²) >= 11 is 0. The van der Waals surface area contributed by atoms with E-state index in [1.807, 2.05) is 0 Å². The quantitative estimate of drug-likeness (QED) is 0.742. The average molecular weight is 262 g/mol. The lowest BCUT2D eigenvalue weighted by molar-refractivity contribution is 0.407. The molecule has 1 saturated carbocycles. The predicted octanol–water partition coefficient (Wildman–Crippen LogP) is 2.44. The monoisotopic (exact) mass is 262 g/mol. The molecule has 1 fully saturated rings. The molecule has 0 aromatic heterocycles. The zero-order valence-corrected chi connectivity index (χ0v) is 12.3. The van der Waals surface area contributed by atoms with Gasteiger partial charge in [0.05, 0.1) is 7.11 Å². The molecule has 1 aromatic rings. The van der Waals surface area contributed by atoms with Crippen molar-refractivity contribution in [3.05, 3.63) is 29.3 Å². The van der Waals surface area contributed by atoms with Crippen LogP contribution in [0.15, 0.2) is 18.2 Å². The molecule has 0 unspecified atom stereocenters. The third-order valence-electron chi connectivity index (χ3n) is 3.88. The van der Waals surface area contributed by atoms with E-state index in [0.29, 0.717) is 5.92 Å². The van der Waals surface area contributed by atoms with Gasteiger partial charge in [-0.05, 0) is 48.9 Å². The second-order valence-electron chi connectivity index (χ2n) is 6.02. The molecule has 2 rings (SSSR count). The Morgan fingerprint density at radius 1 is 1.37 bits per heavy atom. The second-order valence-corrected chi connectivity index (χ2v) is 6.02. The molecular formula is C16H26N2O. The summed E-state index contributed by atoms with van der Waals surface area (Å²) in [6.07, 6.45) is 3.37. The van der Waals surface area contributed by atoms with E-state index in [2.05, 4.69) is 37.4 Å². The fourth-order valence-corrected chi connectivity index (χ4v) is 2.30. The molecule has 106 valence electrons. The second kappa shape index (κ2) is 5.93. The van der Waals surface area contributed by atoms with E-state index < -0.39 is 0 Å². The van der Waals surface area contributed by atoms with Gasteiger partial charge < -0.3 is 15.8 Å². The number of methoxy groups -OCH3 is 1. The van der Waals surface area contributed by atoms with Crippen LogP contribution in [0.25, 0.3) is 0 Å². The first kappa shape index (κ1) is 14.4. The summed E-state index contributed by atoms with van der Waals surface area (Å²) in [4.78, 5) is 0. The van der Waals surface area contributed by atoms with Crippen LogP contribution in [-0.4, -0.2) is 25.7 Å².